The maximum atomic E-state index is 11.4. The lowest BCUT2D eigenvalue weighted by atomic mass is 10.2. The zero-order chi connectivity index (χ0) is 18.5. The van der Waals surface area contributed by atoms with Gasteiger partial charge in [0.1, 0.15) is 18.6 Å². The third-order valence-corrected chi connectivity index (χ3v) is 3.75. The molecule has 0 amide bonds. The molecular formula is C18H19N6O2+. The van der Waals surface area contributed by atoms with E-state index >= 15 is 0 Å². The number of aromatic nitrogens is 3. The minimum absolute atomic E-state index is 0.395. The Morgan fingerprint density at radius 2 is 2.04 bits per heavy atom. The molecule has 8 nitrogen and oxygen atoms in total. The zero-order valence-electron chi connectivity index (χ0n) is 14.5. The van der Waals surface area contributed by atoms with Gasteiger partial charge in [0.15, 0.2) is 12.4 Å². The summed E-state index contributed by atoms with van der Waals surface area (Å²) < 4.78 is 8.29. The van der Waals surface area contributed by atoms with Crippen LogP contribution in [0.25, 0.3) is 0 Å². The molecule has 2 heterocycles. The molecule has 0 aliphatic heterocycles. The summed E-state index contributed by atoms with van der Waals surface area (Å²) in [5.74, 6) is 0.0414. The molecule has 0 unspecified atom stereocenters. The minimum Gasteiger partial charge on any atom is -0.465 e. The number of pyridine rings is 1. The summed E-state index contributed by atoms with van der Waals surface area (Å²) in [7, 11) is 3.30. The fourth-order valence-corrected chi connectivity index (χ4v) is 2.40. The zero-order valence-corrected chi connectivity index (χ0v) is 14.5. The fraction of sp³-hybridized carbons (Fsp3) is 0.167. The highest BCUT2D eigenvalue weighted by Gasteiger charge is 2.09. The highest BCUT2D eigenvalue weighted by molar-refractivity contribution is 5.89. The van der Waals surface area contributed by atoms with Gasteiger partial charge in [0, 0.05) is 11.6 Å². The van der Waals surface area contributed by atoms with Crippen LogP contribution in [0.4, 0.5) is 17.2 Å². The summed E-state index contributed by atoms with van der Waals surface area (Å²) >= 11 is 0. The molecule has 132 valence electrons. The number of ether oxygens (including phenoxy) is 1. The fourth-order valence-electron chi connectivity index (χ4n) is 2.40. The first-order chi connectivity index (χ1) is 12.6. The summed E-state index contributed by atoms with van der Waals surface area (Å²) in [5, 5.41) is 12.5. The second-order valence-electron chi connectivity index (χ2n) is 5.69. The Labute approximate surface area is 150 Å². The normalized spacial score (nSPS) is 11.0. The van der Waals surface area contributed by atoms with Gasteiger partial charge < -0.3 is 10.5 Å². The molecule has 3 rings (SSSR count). The first-order valence-corrected chi connectivity index (χ1v) is 7.92. The van der Waals surface area contributed by atoms with Crippen molar-refractivity contribution in [1.29, 1.82) is 0 Å². The average molecular weight is 351 g/mol. The Morgan fingerprint density at radius 1 is 1.27 bits per heavy atom. The van der Waals surface area contributed by atoms with E-state index in [-0.39, 0.29) is 0 Å². The number of methoxy groups -OCH3 is 1. The number of nitrogens with two attached hydrogens (primary N) is 1. The molecule has 0 fully saturated rings. The Balaban J connectivity index is 1.73. The van der Waals surface area contributed by atoms with E-state index in [2.05, 4.69) is 20.1 Å². The molecular weight excluding hydrogens is 332 g/mol. The van der Waals surface area contributed by atoms with Crippen LogP contribution in [0.15, 0.2) is 65.2 Å². The van der Waals surface area contributed by atoms with Gasteiger partial charge in [-0.25, -0.2) is 14.0 Å². The van der Waals surface area contributed by atoms with Crippen molar-refractivity contribution in [2.45, 2.75) is 6.54 Å². The van der Waals surface area contributed by atoms with E-state index in [0.29, 0.717) is 29.3 Å². The standard InChI is InChI=1S/C18H18N6O2/c1-23-9-3-4-13(11-23)12-24-17(19)16(10-20-24)22-21-15-7-5-14(6-8-15)18(25)26-2/h3-11H,12H2,1-2H3,(H-,19,20,21,25)/p+1. The predicted molar refractivity (Wildman–Crippen MR) is 95.3 cm³/mol. The molecule has 1 aromatic carbocycles. The lowest BCUT2D eigenvalue weighted by Gasteiger charge is -2.03. The maximum absolute atomic E-state index is 11.4. The van der Waals surface area contributed by atoms with Crippen LogP contribution in [-0.4, -0.2) is 22.9 Å². The van der Waals surface area contributed by atoms with Crippen LogP contribution in [0.1, 0.15) is 15.9 Å². The summed E-state index contributed by atoms with van der Waals surface area (Å²) in [4.78, 5) is 11.4. The highest BCUT2D eigenvalue weighted by Crippen LogP contribution is 2.24. The lowest BCUT2D eigenvalue weighted by molar-refractivity contribution is -0.671. The molecule has 0 bridgehead atoms. The van der Waals surface area contributed by atoms with E-state index in [1.165, 1.54) is 7.11 Å². The van der Waals surface area contributed by atoms with Crippen LogP contribution in [-0.2, 0) is 18.3 Å². The third kappa shape index (κ3) is 3.92. The Morgan fingerprint density at radius 3 is 2.73 bits per heavy atom. The van der Waals surface area contributed by atoms with Gasteiger partial charge in [0.05, 0.1) is 31.1 Å². The first-order valence-electron chi connectivity index (χ1n) is 7.92. The molecule has 0 aliphatic rings. The predicted octanol–water partition coefficient (Wildman–Crippen LogP) is 2.54. The third-order valence-electron chi connectivity index (χ3n) is 3.75. The molecule has 0 saturated carbocycles. The van der Waals surface area contributed by atoms with Gasteiger partial charge in [-0.3, -0.25) is 0 Å². The quantitative estimate of drug-likeness (QED) is 0.434. The van der Waals surface area contributed by atoms with E-state index < -0.39 is 5.97 Å². The maximum Gasteiger partial charge on any atom is 0.337 e. The van der Waals surface area contributed by atoms with E-state index in [1.807, 2.05) is 36.1 Å². The number of aryl methyl sites for hydroxylation is 1. The molecule has 0 radical (unpaired) electrons. The van der Waals surface area contributed by atoms with Crippen molar-refractivity contribution in [3.8, 4) is 0 Å². The van der Waals surface area contributed by atoms with Crippen molar-refractivity contribution in [2.24, 2.45) is 17.3 Å². The number of carbonyl (C=O) groups excluding carboxylic acids is 1. The summed E-state index contributed by atoms with van der Waals surface area (Å²) in [6, 6.07) is 10.6. The van der Waals surface area contributed by atoms with E-state index in [1.54, 1.807) is 35.1 Å². The molecule has 2 aromatic heterocycles. The number of rotatable bonds is 5. The van der Waals surface area contributed by atoms with E-state index in [0.717, 1.165) is 5.56 Å². The number of benzene rings is 1. The van der Waals surface area contributed by atoms with Crippen molar-refractivity contribution >= 4 is 23.2 Å². The topological polar surface area (TPSA) is 98.7 Å². The van der Waals surface area contributed by atoms with Gasteiger partial charge >= 0.3 is 5.97 Å². The van der Waals surface area contributed by atoms with Gasteiger partial charge in [0.25, 0.3) is 0 Å². The number of hydrogen-bond donors (Lipinski definition) is 1. The second kappa shape index (κ2) is 7.56. The number of azo groups is 1. The van der Waals surface area contributed by atoms with Gasteiger partial charge in [-0.05, 0) is 30.3 Å². The van der Waals surface area contributed by atoms with Crippen LogP contribution in [0.2, 0.25) is 0 Å². The molecule has 2 N–H and O–H groups in total. The van der Waals surface area contributed by atoms with Crippen LogP contribution < -0.4 is 10.3 Å². The summed E-state index contributed by atoms with van der Waals surface area (Å²) in [6.07, 6.45) is 5.54. The Hall–Kier alpha value is -3.55. The first kappa shape index (κ1) is 17.3. The Kier molecular flexibility index (Phi) is 5.02. The molecule has 0 aliphatic carbocycles. The number of esters is 1. The summed E-state index contributed by atoms with van der Waals surface area (Å²) in [6.45, 7) is 0.545. The number of hydrogen-bond acceptors (Lipinski definition) is 6. The smallest absolute Gasteiger partial charge is 0.337 e. The summed E-state index contributed by atoms with van der Waals surface area (Å²) in [5.41, 5.74) is 8.73. The van der Waals surface area contributed by atoms with E-state index in [4.69, 9.17) is 5.73 Å². The molecule has 0 spiro atoms. The van der Waals surface area contributed by atoms with Gasteiger partial charge in [-0.15, -0.1) is 5.11 Å². The van der Waals surface area contributed by atoms with Crippen LogP contribution >= 0.6 is 0 Å². The van der Waals surface area contributed by atoms with Gasteiger partial charge in [0.2, 0.25) is 0 Å². The van der Waals surface area contributed by atoms with Crippen molar-refractivity contribution in [2.75, 3.05) is 12.8 Å². The average Bonchev–Trinajstić information content (AvgIpc) is 2.99. The monoisotopic (exact) mass is 351 g/mol. The minimum atomic E-state index is -0.395. The van der Waals surface area contributed by atoms with Crippen molar-refractivity contribution in [3.63, 3.8) is 0 Å². The van der Waals surface area contributed by atoms with Crippen molar-refractivity contribution in [1.82, 2.24) is 9.78 Å². The van der Waals surface area contributed by atoms with Crippen LogP contribution in [0.3, 0.4) is 0 Å². The van der Waals surface area contributed by atoms with E-state index in [9.17, 15) is 4.79 Å². The highest BCUT2D eigenvalue weighted by atomic mass is 16.5. The number of nitrogens with zero attached hydrogens (tertiary/aromatic N) is 5. The SMILES string of the molecule is COC(=O)c1ccc(N=Nc2cnn(Cc3ccc[n+](C)c3)c2N)cc1. The van der Waals surface area contributed by atoms with Crippen molar-refractivity contribution < 1.29 is 14.1 Å². The van der Waals surface area contributed by atoms with Gasteiger partial charge in [-0.2, -0.15) is 10.2 Å². The van der Waals surface area contributed by atoms with Gasteiger partial charge in [-0.1, -0.05) is 0 Å². The molecule has 3 aromatic rings. The number of carbonyl (C=O) groups is 1. The molecule has 26 heavy (non-hydrogen) atoms. The second-order valence-corrected chi connectivity index (χ2v) is 5.69. The van der Waals surface area contributed by atoms with Crippen LogP contribution in [0.5, 0.6) is 0 Å². The number of anilines is 1. The van der Waals surface area contributed by atoms with Crippen LogP contribution in [0, 0.1) is 0 Å². The molecule has 0 saturated heterocycles. The molecule has 8 heteroatoms. The largest absolute Gasteiger partial charge is 0.465 e. The number of nitrogen functional groups attached to an aromatic ring is 1. The Bertz CT molecular complexity index is 947. The molecule has 0 atom stereocenters. The lowest BCUT2D eigenvalue weighted by Crippen LogP contribution is -2.27. The van der Waals surface area contributed by atoms with Crippen molar-refractivity contribution in [3.05, 3.63) is 66.1 Å².